The van der Waals surface area contributed by atoms with Crippen molar-refractivity contribution in [2.75, 3.05) is 0 Å². The molecule has 5 heteroatoms. The number of pyridine rings is 1. The van der Waals surface area contributed by atoms with Crippen molar-refractivity contribution >= 4 is 11.0 Å². The summed E-state index contributed by atoms with van der Waals surface area (Å²) in [5.41, 5.74) is 15.6. The molecule has 1 spiro atoms. The molecule has 4 nitrogen and oxygen atoms in total. The third-order valence-corrected chi connectivity index (χ3v) is 11.1. The number of hydrogen-bond donors (Lipinski definition) is 1. The molecular formula is C47H34N3OPt-. The van der Waals surface area contributed by atoms with Gasteiger partial charge in [0.05, 0.1) is 22.3 Å². The number of benzene rings is 6. The van der Waals surface area contributed by atoms with E-state index >= 15 is 0 Å². The predicted molar refractivity (Wildman–Crippen MR) is 205 cm³/mol. The number of phenols is 1. The zero-order chi connectivity index (χ0) is 33.9. The van der Waals surface area contributed by atoms with Gasteiger partial charge in [-0.2, -0.15) is 0 Å². The van der Waals surface area contributed by atoms with Gasteiger partial charge in [0, 0.05) is 43.9 Å². The fourth-order valence-corrected chi connectivity index (χ4v) is 8.73. The van der Waals surface area contributed by atoms with E-state index in [1.165, 1.54) is 22.3 Å². The fraction of sp³-hybridized carbons (Fsp3) is 0.106. The second-order valence-electron chi connectivity index (χ2n) is 13.9. The molecule has 0 amide bonds. The molecule has 254 valence electrons. The topological polar surface area (TPSA) is 50.9 Å². The summed E-state index contributed by atoms with van der Waals surface area (Å²) in [6.45, 7) is 0. The van der Waals surface area contributed by atoms with Gasteiger partial charge in [0.25, 0.3) is 0 Å². The molecule has 0 bridgehead atoms. The average Bonchev–Trinajstić information content (AvgIpc) is 3.88. The maximum Gasteiger partial charge on any atom is 0.148 e. The molecule has 10 rings (SSSR count). The number of phenolic OH excluding ortho intramolecular Hbond substituents is 1. The number of nitrogens with zero attached hydrogens (tertiary/aromatic N) is 3. The van der Waals surface area contributed by atoms with E-state index in [0.29, 0.717) is 11.4 Å². The molecule has 2 aliphatic rings. The minimum atomic E-state index is 0. The Bertz CT molecular complexity index is 2600. The van der Waals surface area contributed by atoms with Crippen LogP contribution in [0.2, 0.25) is 0 Å². The minimum absolute atomic E-state index is 0. The van der Waals surface area contributed by atoms with Crippen molar-refractivity contribution < 1.29 is 26.2 Å². The van der Waals surface area contributed by atoms with Gasteiger partial charge >= 0.3 is 0 Å². The van der Waals surface area contributed by atoms with E-state index in [4.69, 9.17) is 9.97 Å². The van der Waals surface area contributed by atoms with Gasteiger partial charge in [-0.1, -0.05) is 114 Å². The molecule has 0 radical (unpaired) electrons. The molecule has 2 aliphatic carbocycles. The van der Waals surface area contributed by atoms with Gasteiger partial charge < -0.3 is 5.11 Å². The SMILES string of the molecule is Oc1ccccc1-c1nc2c(-c3[c-]c(-c4nccc5c4CCC54Cc5ccccc5C4)ccc3)cccc2n1-c1ccccc1-c1ccccc1.[Pt]. The maximum absolute atomic E-state index is 11.1. The monoisotopic (exact) mass is 851 g/mol. The van der Waals surface area contributed by atoms with Crippen molar-refractivity contribution in [1.29, 1.82) is 0 Å². The van der Waals surface area contributed by atoms with Gasteiger partial charge in [0.15, 0.2) is 0 Å². The summed E-state index contributed by atoms with van der Waals surface area (Å²) in [4.78, 5) is 10.3. The van der Waals surface area contributed by atoms with Crippen LogP contribution in [-0.4, -0.2) is 19.6 Å². The van der Waals surface area contributed by atoms with Crippen LogP contribution in [0.5, 0.6) is 5.75 Å². The van der Waals surface area contributed by atoms with Gasteiger partial charge in [0.1, 0.15) is 11.6 Å². The van der Waals surface area contributed by atoms with Crippen LogP contribution in [0.3, 0.4) is 0 Å². The molecule has 6 aromatic carbocycles. The summed E-state index contributed by atoms with van der Waals surface area (Å²) in [7, 11) is 0. The minimum Gasteiger partial charge on any atom is -0.507 e. The molecule has 2 aromatic heterocycles. The van der Waals surface area contributed by atoms with Crippen LogP contribution < -0.4 is 0 Å². The molecule has 8 aromatic rings. The fourth-order valence-electron chi connectivity index (χ4n) is 8.73. The zero-order valence-electron chi connectivity index (χ0n) is 28.4. The van der Waals surface area contributed by atoms with Crippen LogP contribution in [0.4, 0.5) is 0 Å². The third kappa shape index (κ3) is 5.16. The summed E-state index contributed by atoms with van der Waals surface area (Å²) in [5.74, 6) is 0.869. The van der Waals surface area contributed by atoms with E-state index in [0.717, 1.165) is 75.9 Å². The first kappa shape index (κ1) is 32.3. The van der Waals surface area contributed by atoms with Gasteiger partial charge in [-0.3, -0.25) is 9.55 Å². The summed E-state index contributed by atoms with van der Waals surface area (Å²) in [6.07, 6.45) is 6.36. The number of para-hydroxylation sites is 3. The molecule has 0 unspecified atom stereocenters. The molecule has 52 heavy (non-hydrogen) atoms. The summed E-state index contributed by atoms with van der Waals surface area (Å²) in [6, 6.07) is 54.0. The van der Waals surface area contributed by atoms with Crippen molar-refractivity contribution in [3.63, 3.8) is 0 Å². The summed E-state index contributed by atoms with van der Waals surface area (Å²) in [5, 5.41) is 11.1. The largest absolute Gasteiger partial charge is 0.507 e. The van der Waals surface area contributed by atoms with Crippen LogP contribution in [-0.2, 0) is 45.7 Å². The van der Waals surface area contributed by atoms with Gasteiger partial charge in [-0.05, 0) is 78.3 Å². The number of aromatic nitrogens is 3. The molecule has 2 heterocycles. The van der Waals surface area contributed by atoms with Gasteiger partial charge in [0.2, 0.25) is 0 Å². The van der Waals surface area contributed by atoms with Gasteiger partial charge in [-0.15, -0.1) is 29.8 Å². The van der Waals surface area contributed by atoms with Crippen LogP contribution in [0.1, 0.15) is 28.7 Å². The second-order valence-corrected chi connectivity index (χ2v) is 13.9. The summed E-state index contributed by atoms with van der Waals surface area (Å²) >= 11 is 0. The smallest absolute Gasteiger partial charge is 0.148 e. The number of aromatic hydroxyl groups is 1. The first-order valence-electron chi connectivity index (χ1n) is 17.7. The van der Waals surface area contributed by atoms with E-state index in [1.807, 2.05) is 30.5 Å². The summed E-state index contributed by atoms with van der Waals surface area (Å²) < 4.78 is 2.19. The van der Waals surface area contributed by atoms with Crippen LogP contribution in [0, 0.1) is 6.07 Å². The third-order valence-electron chi connectivity index (χ3n) is 11.1. The number of hydrogen-bond acceptors (Lipinski definition) is 3. The Labute approximate surface area is 317 Å². The Morgan fingerprint density at radius 2 is 1.31 bits per heavy atom. The Kier molecular flexibility index (Phi) is 8.01. The van der Waals surface area contributed by atoms with Crippen LogP contribution in [0.15, 0.2) is 152 Å². The molecule has 0 aliphatic heterocycles. The van der Waals surface area contributed by atoms with Crippen LogP contribution >= 0.6 is 0 Å². The van der Waals surface area contributed by atoms with E-state index in [-0.39, 0.29) is 32.2 Å². The molecular weight excluding hydrogens is 818 g/mol. The second kappa shape index (κ2) is 12.9. The first-order chi connectivity index (χ1) is 25.2. The van der Waals surface area contributed by atoms with E-state index < -0.39 is 0 Å². The number of imidazole rings is 1. The van der Waals surface area contributed by atoms with Gasteiger partial charge in [-0.25, -0.2) is 4.98 Å². The van der Waals surface area contributed by atoms with Crippen LogP contribution in [0.25, 0.3) is 61.6 Å². The Morgan fingerprint density at radius 1 is 0.635 bits per heavy atom. The maximum atomic E-state index is 11.1. The normalized spacial score (nSPS) is 13.9. The van der Waals surface area contributed by atoms with Crippen molar-refractivity contribution in [1.82, 2.24) is 14.5 Å². The Morgan fingerprint density at radius 3 is 2.12 bits per heavy atom. The van der Waals surface area contributed by atoms with Crippen molar-refractivity contribution in [3.8, 4) is 56.3 Å². The predicted octanol–water partition coefficient (Wildman–Crippen LogP) is 10.6. The Hall–Kier alpha value is -5.57. The molecule has 1 N–H and O–H groups in total. The van der Waals surface area contributed by atoms with E-state index in [9.17, 15) is 5.11 Å². The number of rotatable bonds is 5. The molecule has 0 fully saturated rings. The van der Waals surface area contributed by atoms with Crippen molar-refractivity contribution in [2.45, 2.75) is 31.1 Å². The van der Waals surface area contributed by atoms with Crippen molar-refractivity contribution in [3.05, 3.63) is 180 Å². The molecule has 0 atom stereocenters. The average molecular weight is 852 g/mol. The van der Waals surface area contributed by atoms with E-state index in [2.05, 4.69) is 126 Å². The molecule has 0 saturated carbocycles. The quantitative estimate of drug-likeness (QED) is 0.176. The Balaban J connectivity index is 0.00000360. The van der Waals surface area contributed by atoms with Crippen molar-refractivity contribution in [2.24, 2.45) is 0 Å². The number of fused-ring (bicyclic) bond motifs is 4. The standard InChI is InChI=1S/C47H34N3O.Pt/c51-43-23-9-7-19-39(43)46-49-45-37(20-11-22-42(45)50(46)41-21-8-6-18-36(41)31-12-2-1-3-13-31)32-16-10-17-33(28-32)44-38-24-26-47(40(38)25-27-48-44)29-34-14-4-5-15-35(34)30-47;/h1-23,25,27,51H,24,26,29-30H2;/q-1;. The zero-order valence-corrected chi connectivity index (χ0v) is 30.6. The molecule has 0 saturated heterocycles. The first-order valence-corrected chi connectivity index (χ1v) is 17.7. The van der Waals surface area contributed by atoms with E-state index in [1.54, 1.807) is 6.07 Å².